The molecule has 0 radical (unpaired) electrons. The summed E-state index contributed by atoms with van der Waals surface area (Å²) >= 11 is 6.14. The number of anilines is 1. The number of halogens is 1. The van der Waals surface area contributed by atoms with Gasteiger partial charge in [0.05, 0.1) is 0 Å². The van der Waals surface area contributed by atoms with Crippen LogP contribution in [0.5, 0.6) is 0 Å². The molecule has 1 atom stereocenters. The van der Waals surface area contributed by atoms with Crippen molar-refractivity contribution in [3.05, 3.63) is 88.1 Å². The second-order valence-electron chi connectivity index (χ2n) is 8.10. The van der Waals surface area contributed by atoms with Gasteiger partial charge in [-0.25, -0.2) is 0 Å². The topological polar surface area (TPSA) is 67.1 Å². The van der Waals surface area contributed by atoms with E-state index in [1.807, 2.05) is 69.3 Å². The molecule has 4 nitrogen and oxygen atoms in total. The minimum absolute atomic E-state index is 0.137. The second-order valence-corrected chi connectivity index (χ2v) is 8.54. The normalized spacial score (nSPS) is 12.2. The van der Waals surface area contributed by atoms with Crippen LogP contribution in [-0.2, 0) is 4.79 Å². The molecule has 0 aromatic heterocycles. The zero-order valence-electron chi connectivity index (χ0n) is 20.7. The number of benzene rings is 2. The lowest BCUT2D eigenvalue weighted by Gasteiger charge is -2.20. The van der Waals surface area contributed by atoms with Gasteiger partial charge in [0.25, 0.3) is 0 Å². The highest BCUT2D eigenvalue weighted by Gasteiger charge is 2.20. The zero-order chi connectivity index (χ0) is 24.6. The SMILES string of the molecule is C/C=C\C=C(/N)CCNC(C(=O)Nc1ccc(C)c(C)c1)c1cccc(Cl)c1.CCCCC. The average molecular weight is 470 g/mol. The Morgan fingerprint density at radius 2 is 1.82 bits per heavy atom. The Bertz CT molecular complexity index is 919. The molecule has 0 saturated heterocycles. The molecule has 33 heavy (non-hydrogen) atoms. The van der Waals surface area contributed by atoms with Crippen molar-refractivity contribution in [2.75, 3.05) is 11.9 Å². The Hall–Kier alpha value is -2.56. The molecule has 0 bridgehead atoms. The molecule has 1 amide bonds. The molecule has 180 valence electrons. The van der Waals surface area contributed by atoms with Crippen LogP contribution < -0.4 is 16.4 Å². The van der Waals surface area contributed by atoms with Crippen LogP contribution in [0.2, 0.25) is 5.02 Å². The first kappa shape index (κ1) is 28.5. The second kappa shape index (κ2) is 16.1. The van der Waals surface area contributed by atoms with E-state index in [-0.39, 0.29) is 5.91 Å². The number of aryl methyl sites for hydroxylation is 2. The maximum absolute atomic E-state index is 13.0. The first-order valence-corrected chi connectivity index (χ1v) is 12.1. The first-order valence-electron chi connectivity index (χ1n) is 11.8. The number of hydrogen-bond acceptors (Lipinski definition) is 3. The summed E-state index contributed by atoms with van der Waals surface area (Å²) in [4.78, 5) is 13.0. The van der Waals surface area contributed by atoms with Gasteiger partial charge >= 0.3 is 0 Å². The quantitative estimate of drug-likeness (QED) is 0.321. The van der Waals surface area contributed by atoms with Crippen molar-refractivity contribution in [1.29, 1.82) is 0 Å². The number of carbonyl (C=O) groups excluding carboxylic acids is 1. The number of rotatable bonds is 10. The van der Waals surface area contributed by atoms with E-state index in [2.05, 4.69) is 24.5 Å². The Morgan fingerprint density at radius 1 is 1.09 bits per heavy atom. The smallest absolute Gasteiger partial charge is 0.246 e. The lowest BCUT2D eigenvalue weighted by molar-refractivity contribution is -0.118. The van der Waals surface area contributed by atoms with Gasteiger partial charge in [-0.15, -0.1) is 0 Å². The minimum atomic E-state index is -0.533. The van der Waals surface area contributed by atoms with Gasteiger partial charge in [0.2, 0.25) is 5.91 Å². The Kier molecular flexibility index (Phi) is 13.9. The van der Waals surface area contributed by atoms with Gasteiger partial charge in [-0.1, -0.05) is 75.1 Å². The summed E-state index contributed by atoms with van der Waals surface area (Å²) in [6.07, 6.45) is 10.4. The van der Waals surface area contributed by atoms with Gasteiger partial charge < -0.3 is 16.4 Å². The molecule has 0 aliphatic rings. The predicted octanol–water partition coefficient (Wildman–Crippen LogP) is 7.23. The van der Waals surface area contributed by atoms with Crippen LogP contribution in [-0.4, -0.2) is 12.5 Å². The van der Waals surface area contributed by atoms with Crippen LogP contribution in [0.25, 0.3) is 0 Å². The predicted molar refractivity (Wildman–Crippen MR) is 144 cm³/mol. The van der Waals surface area contributed by atoms with Crippen molar-refractivity contribution in [3.63, 3.8) is 0 Å². The maximum atomic E-state index is 13.0. The summed E-state index contributed by atoms with van der Waals surface area (Å²) in [7, 11) is 0. The third-order valence-corrected chi connectivity index (χ3v) is 5.43. The Morgan fingerprint density at radius 3 is 2.39 bits per heavy atom. The molecule has 2 aromatic rings. The number of nitrogens with two attached hydrogens (primary N) is 1. The molecule has 0 spiro atoms. The highest BCUT2D eigenvalue weighted by atomic mass is 35.5. The summed E-state index contributed by atoms with van der Waals surface area (Å²) in [5.74, 6) is -0.137. The van der Waals surface area contributed by atoms with Crippen molar-refractivity contribution in [3.8, 4) is 0 Å². The molecule has 0 saturated carbocycles. The van der Waals surface area contributed by atoms with E-state index < -0.39 is 6.04 Å². The van der Waals surface area contributed by atoms with Gasteiger partial charge in [0.1, 0.15) is 6.04 Å². The van der Waals surface area contributed by atoms with Gasteiger partial charge in [0, 0.05) is 23.0 Å². The number of unbranched alkanes of at least 4 members (excludes halogenated alkanes) is 2. The first-order chi connectivity index (χ1) is 15.8. The van der Waals surface area contributed by atoms with Crippen molar-refractivity contribution in [2.24, 2.45) is 5.73 Å². The summed E-state index contributed by atoms with van der Waals surface area (Å²) in [6.45, 7) is 11.0. The van der Waals surface area contributed by atoms with Crippen molar-refractivity contribution in [1.82, 2.24) is 5.32 Å². The fraction of sp³-hybridized carbons (Fsp3) is 0.393. The van der Waals surface area contributed by atoms with E-state index >= 15 is 0 Å². The number of hydrogen-bond donors (Lipinski definition) is 3. The van der Waals surface area contributed by atoms with Crippen LogP contribution in [0.4, 0.5) is 5.69 Å². The molecule has 0 aliphatic heterocycles. The highest BCUT2D eigenvalue weighted by molar-refractivity contribution is 6.30. The fourth-order valence-electron chi connectivity index (χ4n) is 3.10. The molecule has 0 heterocycles. The Labute approximate surface area is 205 Å². The van der Waals surface area contributed by atoms with Crippen LogP contribution in [0.15, 0.2) is 66.4 Å². The summed E-state index contributed by atoms with van der Waals surface area (Å²) in [5, 5.41) is 6.89. The largest absolute Gasteiger partial charge is 0.402 e. The van der Waals surface area contributed by atoms with Crippen LogP contribution >= 0.6 is 11.6 Å². The van der Waals surface area contributed by atoms with Crippen LogP contribution in [0.1, 0.15) is 69.2 Å². The van der Waals surface area contributed by atoms with Gasteiger partial charge in [0.15, 0.2) is 0 Å². The van der Waals surface area contributed by atoms with Gasteiger partial charge in [-0.05, 0) is 74.2 Å². The summed E-state index contributed by atoms with van der Waals surface area (Å²) in [5.41, 5.74) is 10.6. The fourth-order valence-corrected chi connectivity index (χ4v) is 3.30. The van der Waals surface area contributed by atoms with Crippen LogP contribution in [0.3, 0.4) is 0 Å². The monoisotopic (exact) mass is 469 g/mol. The van der Waals surface area contributed by atoms with Crippen molar-refractivity contribution in [2.45, 2.75) is 66.3 Å². The average Bonchev–Trinajstić information content (AvgIpc) is 2.78. The van der Waals surface area contributed by atoms with Crippen molar-refractivity contribution >= 4 is 23.2 Å². The molecule has 2 aromatic carbocycles. The number of allylic oxidation sites excluding steroid dienone is 3. The molecule has 5 heteroatoms. The van der Waals surface area contributed by atoms with Gasteiger partial charge in [-0.3, -0.25) is 4.79 Å². The molecule has 2 rings (SSSR count). The van der Waals surface area contributed by atoms with E-state index in [9.17, 15) is 4.79 Å². The van der Waals surface area contributed by atoms with Gasteiger partial charge in [-0.2, -0.15) is 0 Å². The number of carbonyl (C=O) groups is 1. The van der Waals surface area contributed by atoms with E-state index in [4.69, 9.17) is 17.3 Å². The molecule has 0 aliphatic carbocycles. The van der Waals surface area contributed by atoms with E-state index in [1.165, 1.54) is 24.8 Å². The number of nitrogens with one attached hydrogen (secondary N) is 2. The lowest BCUT2D eigenvalue weighted by atomic mass is 10.0. The van der Waals surface area contributed by atoms with E-state index in [1.54, 1.807) is 12.1 Å². The van der Waals surface area contributed by atoms with Crippen LogP contribution in [0, 0.1) is 13.8 Å². The molecular formula is C28H40ClN3O. The third-order valence-electron chi connectivity index (χ3n) is 5.19. The van der Waals surface area contributed by atoms with E-state index in [0.29, 0.717) is 18.0 Å². The molecule has 0 fully saturated rings. The third kappa shape index (κ3) is 11.2. The molecule has 4 N–H and O–H groups in total. The Balaban J connectivity index is 0.000000981. The lowest BCUT2D eigenvalue weighted by Crippen LogP contribution is -2.34. The van der Waals surface area contributed by atoms with Crippen molar-refractivity contribution < 1.29 is 4.79 Å². The number of amides is 1. The highest BCUT2D eigenvalue weighted by Crippen LogP contribution is 2.21. The standard InChI is InChI=1S/C23H28ClN3O.C5H12/c1-4-5-9-20(25)12-13-26-22(18-7-6-8-19(24)15-18)23(28)27-21-11-10-16(2)17(3)14-21;1-3-5-4-2/h4-11,14-15,22,26H,12-13,25H2,1-3H3,(H,27,28);3-5H2,1-2H3/b5-4-,20-9-;. The molecule has 1 unspecified atom stereocenters. The maximum Gasteiger partial charge on any atom is 0.246 e. The van der Waals surface area contributed by atoms with E-state index in [0.717, 1.165) is 22.5 Å². The summed E-state index contributed by atoms with van der Waals surface area (Å²) < 4.78 is 0. The zero-order valence-corrected chi connectivity index (χ0v) is 21.5. The summed E-state index contributed by atoms with van der Waals surface area (Å²) in [6, 6.07) is 12.7. The minimum Gasteiger partial charge on any atom is -0.402 e. The molecular weight excluding hydrogens is 430 g/mol.